The summed E-state index contributed by atoms with van der Waals surface area (Å²) in [6.07, 6.45) is 0. The van der Waals surface area contributed by atoms with Crippen molar-refractivity contribution in [1.29, 1.82) is 0 Å². The van der Waals surface area contributed by atoms with Crippen molar-refractivity contribution in [2.45, 2.75) is 0 Å². The van der Waals surface area contributed by atoms with Crippen LogP contribution >= 0.6 is 60.4 Å². The summed E-state index contributed by atoms with van der Waals surface area (Å²) in [6, 6.07) is 0. The Kier molecular flexibility index (Phi) is 52.8. The molecule has 0 amide bonds. The fraction of sp³-hybridized carbons (Fsp3) is 0. The number of halogens is 3. The third-order valence-electron chi connectivity index (χ3n) is 0. The molecule has 0 aliphatic heterocycles. The van der Waals surface area contributed by atoms with Gasteiger partial charge in [-0.25, -0.2) is 0 Å². The van der Waals surface area contributed by atoms with E-state index in [-0.39, 0.29) is 78.6 Å². The molecule has 158 valence electrons. The minimum absolute atomic E-state index is 0. The van der Waals surface area contributed by atoms with E-state index in [0.29, 0.717) is 0 Å². The van der Waals surface area contributed by atoms with Crippen LogP contribution in [0.4, 0.5) is 0 Å². The molecule has 0 aromatic heterocycles. The van der Waals surface area contributed by atoms with Gasteiger partial charge in [0.05, 0.1) is 0 Å². The van der Waals surface area contributed by atoms with E-state index in [1.165, 1.54) is 0 Å². The predicted molar refractivity (Wildman–Crippen MR) is 48.0 cm³/mol. The summed E-state index contributed by atoms with van der Waals surface area (Å²) < 4.78 is 34.2. The van der Waals surface area contributed by atoms with E-state index in [9.17, 15) is 0 Å². The Labute approximate surface area is 226 Å². The first-order valence-corrected chi connectivity index (χ1v) is 15.5. The van der Waals surface area contributed by atoms with Crippen LogP contribution in [0.1, 0.15) is 0 Å². The Morgan fingerprint density at radius 3 is 0.407 bits per heavy atom. The van der Waals surface area contributed by atoms with Gasteiger partial charge in [-0.2, -0.15) is 31.3 Å². The number of hydrogen-bond acceptors (Lipinski definition) is 16. The molecular formula is Cl3O16P4RhZr3. The summed E-state index contributed by atoms with van der Waals surface area (Å²) in [5, 5.41) is 0. The zero-order chi connectivity index (χ0) is 21.6. The Morgan fingerprint density at radius 2 is 0.407 bits per heavy atom. The number of rotatable bonds is 0. The Hall–Kier alpha value is 4.58. The Balaban J connectivity index is -0.0000000272. The van der Waals surface area contributed by atoms with Gasteiger partial charge in [0.25, 0.3) is 0 Å². The molecule has 0 rings (SSSR count). The number of phosphoric acid groups is 4. The van der Waals surface area contributed by atoms with Crippen molar-refractivity contribution in [2.24, 2.45) is 0 Å². The molecule has 16 nitrogen and oxygen atoms in total. The third kappa shape index (κ3) is 1190. The van der Waals surface area contributed by atoms with Crippen molar-refractivity contribution < 1.29 is 169 Å². The summed E-state index contributed by atoms with van der Waals surface area (Å²) in [5.41, 5.74) is 0. The van der Waals surface area contributed by atoms with E-state index in [1.807, 2.05) is 0 Å². The maximum atomic E-state index is 8.55. The summed E-state index contributed by atoms with van der Waals surface area (Å²) in [4.78, 5) is 103. The second-order valence-corrected chi connectivity index (χ2v) is 13.0. The fourth-order valence-electron chi connectivity index (χ4n) is 0. The second kappa shape index (κ2) is 26.8. The van der Waals surface area contributed by atoms with Crippen LogP contribution in [0.25, 0.3) is 0 Å². The van der Waals surface area contributed by atoms with Crippen molar-refractivity contribution in [3.05, 3.63) is 0 Å². The van der Waals surface area contributed by atoms with E-state index in [4.69, 9.17) is 106 Å². The van der Waals surface area contributed by atoms with Gasteiger partial charge in [0.1, 0.15) is 0 Å². The molecule has 0 aliphatic carbocycles. The van der Waals surface area contributed by atoms with Crippen LogP contribution in [0.3, 0.4) is 0 Å². The fourth-order valence-corrected chi connectivity index (χ4v) is 0. The topological polar surface area (TPSA) is 345 Å². The van der Waals surface area contributed by atoms with Crippen LogP contribution in [0.15, 0.2) is 0 Å². The SMILES string of the molecule is O=P([O-])([O-])[O-].O=P([O-])([O-])[O-].O=P([O-])([O-])[O-].O=P([O-])([O-])[O-].[Cl][Rh]([Cl])[Cl].[Zr+4].[Zr+4].[Zr+4]. The molecule has 0 spiro atoms. The third-order valence-corrected chi connectivity index (χ3v) is 0. The van der Waals surface area contributed by atoms with Crippen LogP contribution in [0.5, 0.6) is 0 Å². The standard InChI is InChI=1S/3ClH.4H3O4P.Rh.3Zr/c;;;4*1-5(2,3)4;;;;/h3*1H;4*(H3,1,2,3,4);;;;/q;;;;;;;+3;3*+4/p-15. The molecule has 0 saturated carbocycles. The van der Waals surface area contributed by atoms with E-state index in [2.05, 4.69) is 0 Å². The summed E-state index contributed by atoms with van der Waals surface area (Å²) in [5.74, 6) is 0. The molecule has 27 heteroatoms. The quantitative estimate of drug-likeness (QED) is 0.161. The predicted octanol–water partition coefficient (Wildman–Crippen LogP) is -9.24. The van der Waals surface area contributed by atoms with Gasteiger partial charge in [-0.3, -0.25) is 0 Å². The van der Waals surface area contributed by atoms with E-state index in [1.54, 1.807) is 0 Å². The van der Waals surface area contributed by atoms with Crippen LogP contribution in [-0.2, 0) is 110 Å². The van der Waals surface area contributed by atoms with Gasteiger partial charge in [0.15, 0.2) is 0 Å². The van der Waals surface area contributed by atoms with Crippen LogP contribution in [-0.4, -0.2) is 0 Å². The first kappa shape index (κ1) is 53.1. The molecule has 0 fully saturated rings. The first-order valence-electron chi connectivity index (χ1n) is 3.30. The average Bonchev–Trinajstić information content (AvgIpc) is 1.82. The minimum Gasteiger partial charge on any atom is 4.00 e. The second-order valence-electron chi connectivity index (χ2n) is 1.93. The van der Waals surface area contributed by atoms with Gasteiger partial charge in [-0.05, 0) is 0 Å². The molecule has 0 aliphatic rings. The maximum absolute atomic E-state index is 8.55. The molecule has 0 bridgehead atoms. The van der Waals surface area contributed by atoms with Gasteiger partial charge < -0.3 is 77.0 Å². The molecule has 0 N–H and O–H groups in total. The smallest absolute Gasteiger partial charge is 4.00 e. The van der Waals surface area contributed by atoms with Crippen molar-refractivity contribution in [3.8, 4) is 0 Å². The van der Waals surface area contributed by atoms with Crippen molar-refractivity contribution in [3.63, 3.8) is 0 Å². The zero-order valence-corrected chi connectivity index (χ0v) is 26.1. The summed E-state index contributed by atoms with van der Waals surface area (Å²) >= 11 is -1.66. The zero-order valence-electron chi connectivity index (χ0n) is 11.3. The van der Waals surface area contributed by atoms with E-state index in [0.717, 1.165) is 0 Å². The monoisotopic (exact) mass is 857 g/mol. The summed E-state index contributed by atoms with van der Waals surface area (Å²) in [7, 11) is -6.75. The van der Waals surface area contributed by atoms with Crippen LogP contribution in [0.2, 0.25) is 0 Å². The van der Waals surface area contributed by atoms with E-state index < -0.39 is 44.3 Å². The van der Waals surface area contributed by atoms with Crippen molar-refractivity contribution >= 4 is 60.4 Å². The van der Waals surface area contributed by atoms with E-state index >= 15 is 0 Å². The average molecular weight is 863 g/mol. The first-order chi connectivity index (χ1) is 9.73. The van der Waals surface area contributed by atoms with Gasteiger partial charge in [-0.15, -0.1) is 0 Å². The molecule has 0 heterocycles. The summed E-state index contributed by atoms with van der Waals surface area (Å²) in [6.45, 7) is 0. The van der Waals surface area contributed by atoms with Crippen LogP contribution < -0.4 is 58.7 Å². The molecular weight excluding hydrogens is 863 g/mol. The van der Waals surface area contributed by atoms with Gasteiger partial charge in [0, 0.05) is 0 Å². The van der Waals surface area contributed by atoms with Crippen molar-refractivity contribution in [2.75, 3.05) is 0 Å². The largest absolute Gasteiger partial charge is 4.00 e. The number of hydrogen-bond donors (Lipinski definition) is 0. The molecule has 0 radical (unpaired) electrons. The molecule has 0 saturated heterocycles. The van der Waals surface area contributed by atoms with Gasteiger partial charge >= 0.3 is 121 Å². The molecule has 0 aromatic rings. The molecule has 0 atom stereocenters. The Bertz CT molecular complexity index is 348. The normalized spacial score (nSPS) is 10.4. The maximum Gasteiger partial charge on any atom is 4.00 e. The Morgan fingerprint density at radius 1 is 0.407 bits per heavy atom. The molecule has 0 unspecified atom stereocenters. The molecule has 0 aromatic carbocycles. The van der Waals surface area contributed by atoms with Gasteiger partial charge in [-0.1, -0.05) is 0 Å². The van der Waals surface area contributed by atoms with Crippen molar-refractivity contribution in [1.82, 2.24) is 0 Å². The molecule has 27 heavy (non-hydrogen) atoms. The minimum atomic E-state index is -5.39. The van der Waals surface area contributed by atoms with Gasteiger partial charge in [0.2, 0.25) is 0 Å². The van der Waals surface area contributed by atoms with Crippen LogP contribution in [0, 0.1) is 0 Å².